The standard InChI is InChI=1S/C18H14N6O2S/c1-26-16-8-3-2-7-14(16)15-10-27-18(20-15)21-17(25)12-5-4-6-13(9-12)24-11-19-22-23-24/h2-11H,1H3,(H,20,21,25). The number of nitrogens with one attached hydrogen (secondary N) is 1. The van der Waals surface area contributed by atoms with Crippen molar-refractivity contribution >= 4 is 22.4 Å². The first kappa shape index (κ1) is 16.9. The Morgan fingerprint density at radius 3 is 2.89 bits per heavy atom. The molecule has 0 radical (unpaired) electrons. The first-order chi connectivity index (χ1) is 13.2. The largest absolute Gasteiger partial charge is 0.496 e. The summed E-state index contributed by atoms with van der Waals surface area (Å²) in [6.07, 6.45) is 1.47. The van der Waals surface area contributed by atoms with Crippen molar-refractivity contribution in [3.63, 3.8) is 0 Å². The van der Waals surface area contributed by atoms with Crippen molar-refractivity contribution in [2.24, 2.45) is 0 Å². The minimum atomic E-state index is -0.258. The molecule has 0 aliphatic carbocycles. The van der Waals surface area contributed by atoms with Gasteiger partial charge in [-0.3, -0.25) is 10.1 Å². The Bertz CT molecular complexity index is 1080. The van der Waals surface area contributed by atoms with Crippen LogP contribution in [-0.4, -0.2) is 38.2 Å². The second kappa shape index (κ2) is 7.34. The predicted molar refractivity (Wildman–Crippen MR) is 101 cm³/mol. The van der Waals surface area contributed by atoms with Crippen molar-refractivity contribution in [3.8, 4) is 22.7 Å². The summed E-state index contributed by atoms with van der Waals surface area (Å²) >= 11 is 1.35. The third-order valence-electron chi connectivity index (χ3n) is 3.83. The van der Waals surface area contributed by atoms with Crippen LogP contribution in [0, 0.1) is 0 Å². The van der Waals surface area contributed by atoms with Crippen LogP contribution in [0.5, 0.6) is 5.75 Å². The van der Waals surface area contributed by atoms with Gasteiger partial charge >= 0.3 is 0 Å². The van der Waals surface area contributed by atoms with Gasteiger partial charge in [0.1, 0.15) is 12.1 Å². The number of methoxy groups -OCH3 is 1. The Labute approximate surface area is 158 Å². The SMILES string of the molecule is COc1ccccc1-c1csc(NC(=O)c2cccc(-n3cnnn3)c2)n1. The van der Waals surface area contributed by atoms with Gasteiger partial charge in [-0.1, -0.05) is 18.2 Å². The average Bonchev–Trinajstić information content (AvgIpc) is 3.40. The maximum absolute atomic E-state index is 12.6. The molecular formula is C18H14N6O2S. The van der Waals surface area contributed by atoms with Gasteiger partial charge in [-0.2, -0.15) is 0 Å². The third kappa shape index (κ3) is 3.53. The molecule has 4 rings (SSSR count). The van der Waals surface area contributed by atoms with Crippen LogP contribution in [0.4, 0.5) is 5.13 Å². The number of aromatic nitrogens is 5. The minimum Gasteiger partial charge on any atom is -0.496 e. The molecule has 0 spiro atoms. The lowest BCUT2D eigenvalue weighted by molar-refractivity contribution is 0.102. The molecule has 8 nitrogen and oxygen atoms in total. The fraction of sp³-hybridized carbons (Fsp3) is 0.0556. The lowest BCUT2D eigenvalue weighted by atomic mass is 10.1. The van der Waals surface area contributed by atoms with Gasteiger partial charge < -0.3 is 4.74 Å². The van der Waals surface area contributed by atoms with E-state index >= 15 is 0 Å². The number of hydrogen-bond acceptors (Lipinski definition) is 7. The molecule has 0 atom stereocenters. The first-order valence-electron chi connectivity index (χ1n) is 7.98. The number of nitrogens with zero attached hydrogens (tertiary/aromatic N) is 5. The fourth-order valence-electron chi connectivity index (χ4n) is 2.55. The molecular weight excluding hydrogens is 364 g/mol. The summed E-state index contributed by atoms with van der Waals surface area (Å²) in [7, 11) is 1.62. The number of para-hydroxylation sites is 1. The molecule has 0 aliphatic heterocycles. The molecule has 0 unspecified atom stereocenters. The van der Waals surface area contributed by atoms with E-state index in [4.69, 9.17) is 4.74 Å². The summed E-state index contributed by atoms with van der Waals surface area (Å²) in [6, 6.07) is 14.6. The van der Waals surface area contributed by atoms with E-state index in [0.29, 0.717) is 16.4 Å². The zero-order valence-electron chi connectivity index (χ0n) is 14.2. The molecule has 2 aromatic carbocycles. The van der Waals surface area contributed by atoms with Gasteiger partial charge in [0.2, 0.25) is 0 Å². The summed E-state index contributed by atoms with van der Waals surface area (Å²) in [5.74, 6) is 0.473. The number of carbonyl (C=O) groups is 1. The van der Waals surface area contributed by atoms with Crippen molar-refractivity contribution in [2.75, 3.05) is 12.4 Å². The van der Waals surface area contributed by atoms with E-state index in [-0.39, 0.29) is 5.91 Å². The van der Waals surface area contributed by atoms with E-state index in [0.717, 1.165) is 17.0 Å². The number of amides is 1. The average molecular weight is 378 g/mol. The molecule has 1 N–H and O–H groups in total. The molecule has 2 heterocycles. The fourth-order valence-corrected chi connectivity index (χ4v) is 3.26. The quantitative estimate of drug-likeness (QED) is 0.574. The summed E-state index contributed by atoms with van der Waals surface area (Å²) < 4.78 is 6.85. The van der Waals surface area contributed by atoms with Crippen molar-refractivity contribution < 1.29 is 9.53 Å². The van der Waals surface area contributed by atoms with Crippen LogP contribution in [0.1, 0.15) is 10.4 Å². The van der Waals surface area contributed by atoms with Crippen LogP contribution in [0.25, 0.3) is 16.9 Å². The monoisotopic (exact) mass is 378 g/mol. The second-order valence-electron chi connectivity index (χ2n) is 5.50. The Hall–Kier alpha value is -3.59. The van der Waals surface area contributed by atoms with Crippen LogP contribution in [-0.2, 0) is 0 Å². The van der Waals surface area contributed by atoms with Gasteiger partial charge in [-0.05, 0) is 40.8 Å². The lowest BCUT2D eigenvalue weighted by Crippen LogP contribution is -2.12. The topological polar surface area (TPSA) is 94.8 Å². The van der Waals surface area contributed by atoms with Gasteiger partial charge in [-0.15, -0.1) is 16.4 Å². The number of tetrazole rings is 1. The molecule has 9 heteroatoms. The summed E-state index contributed by atoms with van der Waals surface area (Å²) in [6.45, 7) is 0. The van der Waals surface area contributed by atoms with E-state index < -0.39 is 0 Å². The van der Waals surface area contributed by atoms with E-state index in [1.807, 2.05) is 35.7 Å². The Balaban J connectivity index is 1.54. The molecule has 2 aromatic heterocycles. The van der Waals surface area contributed by atoms with Crippen LogP contribution in [0.2, 0.25) is 0 Å². The van der Waals surface area contributed by atoms with E-state index in [1.165, 1.54) is 22.3 Å². The normalized spacial score (nSPS) is 10.6. The second-order valence-corrected chi connectivity index (χ2v) is 6.36. The maximum atomic E-state index is 12.6. The highest BCUT2D eigenvalue weighted by Crippen LogP contribution is 2.32. The Kier molecular flexibility index (Phi) is 4.58. The number of carbonyl (C=O) groups excluding carboxylic acids is 1. The number of hydrogen-bond donors (Lipinski definition) is 1. The Morgan fingerprint density at radius 1 is 1.19 bits per heavy atom. The molecule has 0 fully saturated rings. The molecule has 0 bridgehead atoms. The van der Waals surface area contributed by atoms with Crippen molar-refractivity contribution in [1.82, 2.24) is 25.2 Å². The third-order valence-corrected chi connectivity index (χ3v) is 4.59. The molecule has 0 saturated heterocycles. The zero-order chi connectivity index (χ0) is 18.6. The van der Waals surface area contributed by atoms with Crippen molar-refractivity contribution in [1.29, 1.82) is 0 Å². The minimum absolute atomic E-state index is 0.258. The molecule has 1 amide bonds. The highest BCUT2D eigenvalue weighted by Gasteiger charge is 2.13. The van der Waals surface area contributed by atoms with Crippen LogP contribution < -0.4 is 10.1 Å². The maximum Gasteiger partial charge on any atom is 0.257 e. The van der Waals surface area contributed by atoms with Gasteiger partial charge in [0.25, 0.3) is 5.91 Å². The predicted octanol–water partition coefficient (Wildman–Crippen LogP) is 3.05. The number of anilines is 1. The molecule has 27 heavy (non-hydrogen) atoms. The number of benzene rings is 2. The molecule has 134 valence electrons. The zero-order valence-corrected chi connectivity index (χ0v) is 15.1. The van der Waals surface area contributed by atoms with Gasteiger partial charge in [-0.25, -0.2) is 9.67 Å². The smallest absolute Gasteiger partial charge is 0.257 e. The molecule has 4 aromatic rings. The van der Waals surface area contributed by atoms with E-state index in [2.05, 4.69) is 25.8 Å². The van der Waals surface area contributed by atoms with Gasteiger partial charge in [0.15, 0.2) is 5.13 Å². The Morgan fingerprint density at radius 2 is 2.07 bits per heavy atom. The summed E-state index contributed by atoms with van der Waals surface area (Å²) in [5, 5.41) is 16.2. The number of ether oxygens (including phenoxy) is 1. The van der Waals surface area contributed by atoms with Crippen LogP contribution in [0.3, 0.4) is 0 Å². The first-order valence-corrected chi connectivity index (χ1v) is 8.86. The molecule has 0 saturated carbocycles. The number of rotatable bonds is 5. The van der Waals surface area contributed by atoms with Crippen molar-refractivity contribution in [3.05, 3.63) is 65.8 Å². The highest BCUT2D eigenvalue weighted by molar-refractivity contribution is 7.14. The lowest BCUT2D eigenvalue weighted by Gasteiger charge is -2.05. The van der Waals surface area contributed by atoms with Crippen LogP contribution in [0.15, 0.2) is 60.2 Å². The van der Waals surface area contributed by atoms with Gasteiger partial charge in [0.05, 0.1) is 18.5 Å². The number of thiazole rings is 1. The van der Waals surface area contributed by atoms with Crippen molar-refractivity contribution in [2.45, 2.75) is 0 Å². The van der Waals surface area contributed by atoms with E-state index in [1.54, 1.807) is 25.3 Å². The molecule has 0 aliphatic rings. The van der Waals surface area contributed by atoms with Crippen LogP contribution >= 0.6 is 11.3 Å². The highest BCUT2D eigenvalue weighted by atomic mass is 32.1. The van der Waals surface area contributed by atoms with E-state index in [9.17, 15) is 4.79 Å². The summed E-state index contributed by atoms with van der Waals surface area (Å²) in [4.78, 5) is 17.1. The summed E-state index contributed by atoms with van der Waals surface area (Å²) in [5.41, 5.74) is 2.80. The van der Waals surface area contributed by atoms with Gasteiger partial charge in [0, 0.05) is 16.5 Å².